The molecule has 5 nitrogen and oxygen atoms in total. The highest BCUT2D eigenvalue weighted by atomic mass is 32.2. The summed E-state index contributed by atoms with van der Waals surface area (Å²) in [5.41, 5.74) is 1.14. The van der Waals surface area contributed by atoms with E-state index in [-0.39, 0.29) is 28.7 Å². The third-order valence-corrected chi connectivity index (χ3v) is 7.72. The number of benzene rings is 2. The van der Waals surface area contributed by atoms with E-state index >= 15 is 0 Å². The smallest absolute Gasteiger partial charge is 0.240 e. The Hall–Kier alpha value is -2.18. The molecule has 0 spiro atoms. The average Bonchev–Trinajstić information content (AvgIpc) is 3.16. The van der Waals surface area contributed by atoms with Crippen molar-refractivity contribution in [1.82, 2.24) is 9.62 Å². The predicted octanol–water partition coefficient (Wildman–Crippen LogP) is 3.04. The van der Waals surface area contributed by atoms with E-state index in [1.165, 1.54) is 0 Å². The molecule has 4 rings (SSSR count). The molecule has 1 aliphatic carbocycles. The third kappa shape index (κ3) is 3.71. The number of hydrogen-bond donors (Lipinski definition) is 1. The van der Waals surface area contributed by atoms with E-state index in [2.05, 4.69) is 11.6 Å². The van der Waals surface area contributed by atoms with Crippen LogP contribution in [0.3, 0.4) is 0 Å². The molecule has 1 amide bonds. The minimum Gasteiger partial charge on any atom is -0.335 e. The van der Waals surface area contributed by atoms with Crippen molar-refractivity contribution in [3.05, 3.63) is 66.2 Å². The normalized spacial score (nSPS) is 27.2. The van der Waals surface area contributed by atoms with Gasteiger partial charge in [0, 0.05) is 25.6 Å². The molecular formula is C22H26N2O3S. The lowest BCUT2D eigenvalue weighted by Gasteiger charge is -2.24. The van der Waals surface area contributed by atoms with Gasteiger partial charge in [0.15, 0.2) is 0 Å². The summed E-state index contributed by atoms with van der Waals surface area (Å²) in [4.78, 5) is 14.9. The molecule has 0 radical (unpaired) electrons. The van der Waals surface area contributed by atoms with Crippen molar-refractivity contribution >= 4 is 15.9 Å². The third-order valence-electron chi connectivity index (χ3n) is 6.28. The lowest BCUT2D eigenvalue weighted by molar-refractivity contribution is -0.129. The van der Waals surface area contributed by atoms with Gasteiger partial charge in [-0.1, -0.05) is 55.5 Å². The van der Waals surface area contributed by atoms with Crippen LogP contribution < -0.4 is 4.72 Å². The van der Waals surface area contributed by atoms with E-state index in [9.17, 15) is 13.2 Å². The summed E-state index contributed by atoms with van der Waals surface area (Å²) in [5.74, 6) is 0.944. The minimum absolute atomic E-state index is 0.174. The lowest BCUT2D eigenvalue weighted by atomic mass is 9.89. The number of amides is 1. The largest absolute Gasteiger partial charge is 0.335 e. The Labute approximate surface area is 166 Å². The van der Waals surface area contributed by atoms with E-state index in [1.54, 1.807) is 30.3 Å². The molecule has 2 aliphatic rings. The number of carbonyl (C=O) groups excluding carboxylic acids is 1. The fraction of sp³-hybridized carbons (Fsp3) is 0.409. The molecule has 2 aromatic carbocycles. The fourth-order valence-corrected chi connectivity index (χ4v) is 5.91. The van der Waals surface area contributed by atoms with Crippen LogP contribution in [0.5, 0.6) is 0 Å². The molecule has 1 N–H and O–H groups in total. The van der Waals surface area contributed by atoms with Gasteiger partial charge in [-0.2, -0.15) is 0 Å². The van der Waals surface area contributed by atoms with Gasteiger partial charge in [0.2, 0.25) is 15.9 Å². The Kier molecular flexibility index (Phi) is 5.25. The van der Waals surface area contributed by atoms with Gasteiger partial charge in [-0.3, -0.25) is 4.79 Å². The molecule has 2 fully saturated rings. The molecule has 2 aromatic rings. The average molecular weight is 399 g/mol. The molecule has 1 aliphatic heterocycles. The number of rotatable bonds is 6. The van der Waals surface area contributed by atoms with E-state index in [1.807, 2.05) is 35.2 Å². The second kappa shape index (κ2) is 7.68. The van der Waals surface area contributed by atoms with Crippen molar-refractivity contribution in [3.8, 4) is 0 Å². The number of nitrogens with zero attached hydrogens (tertiary/aromatic N) is 1. The zero-order valence-electron chi connectivity index (χ0n) is 16.0. The Morgan fingerprint density at radius 2 is 1.68 bits per heavy atom. The number of nitrogens with one attached hydrogen (secondary N) is 1. The second-order valence-electron chi connectivity index (χ2n) is 7.98. The zero-order chi connectivity index (χ0) is 19.7. The molecular weight excluding hydrogens is 372 g/mol. The molecule has 1 saturated heterocycles. The summed E-state index contributed by atoms with van der Waals surface area (Å²) in [6, 6.07) is 18.7. The van der Waals surface area contributed by atoms with Crippen LogP contribution in [0, 0.1) is 17.8 Å². The Balaban J connectivity index is 1.45. The van der Waals surface area contributed by atoms with Crippen LogP contribution in [0.1, 0.15) is 25.3 Å². The molecule has 6 heteroatoms. The van der Waals surface area contributed by atoms with Crippen LogP contribution in [-0.2, 0) is 21.4 Å². The van der Waals surface area contributed by atoms with Crippen molar-refractivity contribution < 1.29 is 13.2 Å². The van der Waals surface area contributed by atoms with Crippen LogP contribution >= 0.6 is 0 Å². The summed E-state index contributed by atoms with van der Waals surface area (Å²) in [6.07, 6.45) is 1.44. The zero-order valence-corrected chi connectivity index (χ0v) is 16.8. The quantitative estimate of drug-likeness (QED) is 0.813. The summed E-state index contributed by atoms with van der Waals surface area (Å²) >= 11 is 0. The SMILES string of the molecule is C[C@H]1C[C@@H]2[C@@H](CC(=O)N2Cc2ccccc2)[C@@H]1CNS(=O)(=O)c1ccccc1. The molecule has 1 heterocycles. The molecule has 0 bridgehead atoms. The van der Waals surface area contributed by atoms with Gasteiger partial charge in [0.1, 0.15) is 0 Å². The number of carbonyl (C=O) groups is 1. The first-order valence-electron chi connectivity index (χ1n) is 9.84. The highest BCUT2D eigenvalue weighted by molar-refractivity contribution is 7.89. The summed E-state index contributed by atoms with van der Waals surface area (Å²) < 4.78 is 27.9. The molecule has 28 heavy (non-hydrogen) atoms. The van der Waals surface area contributed by atoms with Gasteiger partial charge in [-0.25, -0.2) is 13.1 Å². The first-order valence-corrected chi connectivity index (χ1v) is 11.3. The monoisotopic (exact) mass is 398 g/mol. The predicted molar refractivity (Wildman–Crippen MR) is 108 cm³/mol. The van der Waals surface area contributed by atoms with E-state index in [0.29, 0.717) is 25.4 Å². The second-order valence-corrected chi connectivity index (χ2v) is 9.75. The van der Waals surface area contributed by atoms with Gasteiger partial charge in [0.25, 0.3) is 0 Å². The van der Waals surface area contributed by atoms with Crippen LogP contribution in [0.25, 0.3) is 0 Å². The van der Waals surface area contributed by atoms with E-state index in [4.69, 9.17) is 0 Å². The Bertz CT molecular complexity index is 931. The topological polar surface area (TPSA) is 66.5 Å². The Morgan fingerprint density at radius 3 is 2.36 bits per heavy atom. The van der Waals surface area contributed by atoms with Crippen molar-refractivity contribution in [2.75, 3.05) is 6.54 Å². The van der Waals surface area contributed by atoms with E-state index < -0.39 is 10.0 Å². The highest BCUT2D eigenvalue weighted by Crippen LogP contribution is 2.46. The highest BCUT2D eigenvalue weighted by Gasteiger charge is 2.50. The first-order chi connectivity index (χ1) is 13.5. The molecule has 0 unspecified atom stereocenters. The summed E-state index contributed by atoms with van der Waals surface area (Å²) in [6.45, 7) is 3.19. The fourth-order valence-electron chi connectivity index (χ4n) is 4.81. The number of hydrogen-bond acceptors (Lipinski definition) is 3. The summed E-state index contributed by atoms with van der Waals surface area (Å²) in [5, 5.41) is 0. The van der Waals surface area contributed by atoms with Gasteiger partial charge < -0.3 is 4.90 Å². The van der Waals surface area contributed by atoms with Gasteiger partial charge in [-0.05, 0) is 41.9 Å². The van der Waals surface area contributed by atoms with Gasteiger partial charge >= 0.3 is 0 Å². The number of likely N-dealkylation sites (tertiary alicyclic amines) is 1. The summed E-state index contributed by atoms with van der Waals surface area (Å²) in [7, 11) is -3.52. The minimum atomic E-state index is -3.52. The van der Waals surface area contributed by atoms with Gasteiger partial charge in [0.05, 0.1) is 4.90 Å². The van der Waals surface area contributed by atoms with Gasteiger partial charge in [-0.15, -0.1) is 0 Å². The van der Waals surface area contributed by atoms with Crippen molar-refractivity contribution in [2.45, 2.75) is 37.2 Å². The maximum absolute atomic E-state index is 12.7. The first kappa shape index (κ1) is 19.2. The van der Waals surface area contributed by atoms with Crippen LogP contribution in [0.15, 0.2) is 65.6 Å². The van der Waals surface area contributed by atoms with Crippen LogP contribution in [0.4, 0.5) is 0 Å². The Morgan fingerprint density at radius 1 is 1.04 bits per heavy atom. The molecule has 0 aromatic heterocycles. The van der Waals surface area contributed by atoms with Crippen molar-refractivity contribution in [3.63, 3.8) is 0 Å². The van der Waals surface area contributed by atoms with E-state index in [0.717, 1.165) is 12.0 Å². The lowest BCUT2D eigenvalue weighted by Crippen LogP contribution is -2.34. The van der Waals surface area contributed by atoms with Crippen molar-refractivity contribution in [2.24, 2.45) is 17.8 Å². The maximum atomic E-state index is 12.7. The number of fused-ring (bicyclic) bond motifs is 1. The maximum Gasteiger partial charge on any atom is 0.240 e. The van der Waals surface area contributed by atoms with Crippen molar-refractivity contribution in [1.29, 1.82) is 0 Å². The molecule has 4 atom stereocenters. The van der Waals surface area contributed by atoms with Crippen LogP contribution in [0.2, 0.25) is 0 Å². The molecule has 148 valence electrons. The van der Waals surface area contributed by atoms with Crippen LogP contribution in [-0.4, -0.2) is 31.8 Å². The number of sulfonamides is 1. The molecule has 1 saturated carbocycles. The standard InChI is InChI=1S/C22H26N2O3S/c1-16-12-21-19(13-22(25)24(21)15-17-8-4-2-5-9-17)20(16)14-23-28(26,27)18-10-6-3-7-11-18/h2-11,16,19-21,23H,12-15H2,1H3/t16-,19-,20+,21+/m0/s1.